The van der Waals surface area contributed by atoms with Crippen LogP contribution in [0.5, 0.6) is 0 Å². The molecule has 0 saturated carbocycles. The van der Waals surface area contributed by atoms with Crippen LogP contribution in [-0.2, 0) is 31.6 Å². The van der Waals surface area contributed by atoms with Gasteiger partial charge >= 0.3 is 29.2 Å². The number of nitrogen functional groups attached to an aromatic ring is 1. The van der Waals surface area contributed by atoms with Gasteiger partial charge in [-0.2, -0.15) is 13.6 Å². The van der Waals surface area contributed by atoms with Crippen molar-refractivity contribution in [2.24, 2.45) is 5.73 Å². The van der Waals surface area contributed by atoms with Crippen molar-refractivity contribution >= 4 is 35.4 Å². The predicted molar refractivity (Wildman–Crippen MR) is 107 cm³/mol. The van der Waals surface area contributed by atoms with E-state index in [1.807, 2.05) is 0 Å². The highest BCUT2D eigenvalue weighted by Crippen LogP contribution is 2.66. The number of nitrogens with zero attached hydrogens (tertiary/aromatic N) is 2. The maximum absolute atomic E-state index is 12.2. The molecule has 1 fully saturated rings. The van der Waals surface area contributed by atoms with Gasteiger partial charge in [-0.1, -0.05) is 12.2 Å². The maximum Gasteiger partial charge on any atom is 0.490 e. The first kappa shape index (κ1) is 27.9. The molecule has 3 unspecified atom stereocenters. The number of rotatable bonds is 10. The van der Waals surface area contributed by atoms with Gasteiger partial charge in [-0.3, -0.25) is 9.09 Å². The molecule has 10 N–H and O–H groups in total. The number of phosphoric ester groups is 1. The van der Waals surface area contributed by atoms with E-state index in [9.17, 15) is 33.6 Å². The summed E-state index contributed by atoms with van der Waals surface area (Å²) < 4.78 is 51.3. The van der Waals surface area contributed by atoms with E-state index in [1.165, 1.54) is 12.2 Å². The molecule has 0 radical (unpaired) electrons. The number of aromatic nitrogens is 2. The summed E-state index contributed by atoms with van der Waals surface area (Å²) in [6.07, 6.45) is -2.62. The maximum atomic E-state index is 12.2. The van der Waals surface area contributed by atoms with E-state index in [-0.39, 0.29) is 17.9 Å². The highest BCUT2D eigenvalue weighted by atomic mass is 31.3. The number of anilines is 1. The normalized spacial score (nSPS) is 27.5. The molecule has 188 valence electrons. The number of phosphoric acid groups is 3. The van der Waals surface area contributed by atoms with Crippen molar-refractivity contribution in [1.82, 2.24) is 9.55 Å². The van der Waals surface area contributed by atoms with Gasteiger partial charge in [0.2, 0.25) is 0 Å². The van der Waals surface area contributed by atoms with E-state index in [0.717, 1.165) is 10.8 Å². The Labute approximate surface area is 184 Å². The molecular formula is C12H21N4O14P3. The van der Waals surface area contributed by atoms with E-state index in [0.29, 0.717) is 0 Å². The minimum Gasteiger partial charge on any atom is -0.387 e. The number of nitrogens with two attached hydrogens (primary N) is 2. The number of ether oxygens (including phenoxy) is 1. The van der Waals surface area contributed by atoms with Crippen molar-refractivity contribution in [2.45, 2.75) is 24.5 Å². The van der Waals surface area contributed by atoms with Gasteiger partial charge in [-0.15, -0.1) is 0 Å². The lowest BCUT2D eigenvalue weighted by Gasteiger charge is -2.19. The first-order chi connectivity index (χ1) is 15.1. The highest BCUT2D eigenvalue weighted by Gasteiger charge is 2.46. The average Bonchev–Trinajstić information content (AvgIpc) is 2.91. The third kappa shape index (κ3) is 7.85. The Morgan fingerprint density at radius 3 is 2.33 bits per heavy atom. The minimum atomic E-state index is -5.75. The van der Waals surface area contributed by atoms with E-state index >= 15 is 0 Å². The second-order valence-corrected chi connectivity index (χ2v) is 10.8. The molecule has 6 atom stereocenters. The van der Waals surface area contributed by atoms with E-state index in [1.54, 1.807) is 0 Å². The number of aliphatic hydroxyl groups excluding tert-OH is 2. The van der Waals surface area contributed by atoms with Gasteiger partial charge in [0.15, 0.2) is 6.23 Å². The lowest BCUT2D eigenvalue weighted by atomic mass is 10.1. The smallest absolute Gasteiger partial charge is 0.387 e. The van der Waals surface area contributed by atoms with Crippen molar-refractivity contribution in [1.29, 1.82) is 0 Å². The summed E-state index contributed by atoms with van der Waals surface area (Å²) in [7, 11) is -16.8. The van der Waals surface area contributed by atoms with Gasteiger partial charge in [0.05, 0.1) is 6.61 Å². The largest absolute Gasteiger partial charge is 0.490 e. The van der Waals surface area contributed by atoms with Crippen LogP contribution in [0.25, 0.3) is 6.08 Å². The zero-order valence-corrected chi connectivity index (χ0v) is 19.0. The predicted octanol–water partition coefficient (Wildman–Crippen LogP) is -2.24. The molecule has 21 heteroatoms. The lowest BCUT2D eigenvalue weighted by Crippen LogP contribution is -2.36. The summed E-state index contributed by atoms with van der Waals surface area (Å²) in [5.74, 6) is -0.154. The summed E-state index contributed by atoms with van der Waals surface area (Å²) in [6.45, 7) is -0.905. The van der Waals surface area contributed by atoms with Gasteiger partial charge < -0.3 is 46.0 Å². The van der Waals surface area contributed by atoms with Gasteiger partial charge in [-0.05, 0) is 0 Å². The van der Waals surface area contributed by atoms with Gasteiger partial charge in [0.25, 0.3) is 0 Å². The topological polar surface area (TPSA) is 296 Å². The minimum absolute atomic E-state index is 0.141. The number of hydrogen-bond donors (Lipinski definition) is 8. The van der Waals surface area contributed by atoms with Crippen LogP contribution in [0.15, 0.2) is 17.1 Å². The first-order valence-electron chi connectivity index (χ1n) is 8.60. The molecule has 0 aromatic carbocycles. The Kier molecular flexibility index (Phi) is 8.89. The average molecular weight is 538 g/mol. The third-order valence-electron chi connectivity index (χ3n) is 3.87. The number of aliphatic hydroxyl groups is 2. The van der Waals surface area contributed by atoms with Crippen LogP contribution in [-0.4, -0.2) is 70.8 Å². The molecule has 18 nitrogen and oxygen atoms in total. The Hall–Kier alpha value is -1.33. The molecule has 0 aliphatic carbocycles. The second kappa shape index (κ2) is 10.5. The fourth-order valence-electron chi connectivity index (χ4n) is 2.57. The van der Waals surface area contributed by atoms with Crippen LogP contribution in [0, 0.1) is 0 Å². The number of hydrogen-bond acceptors (Lipinski definition) is 13. The van der Waals surface area contributed by atoms with Gasteiger partial charge in [0, 0.05) is 18.3 Å². The summed E-state index contributed by atoms with van der Waals surface area (Å²) in [4.78, 5) is 51.3. The monoisotopic (exact) mass is 538 g/mol. The zero-order valence-electron chi connectivity index (χ0n) is 16.3. The molecule has 0 bridgehead atoms. The van der Waals surface area contributed by atoms with Crippen LogP contribution >= 0.6 is 23.5 Å². The van der Waals surface area contributed by atoms with E-state index in [2.05, 4.69) is 18.1 Å². The van der Waals surface area contributed by atoms with Crippen LogP contribution in [0.1, 0.15) is 11.8 Å². The Bertz CT molecular complexity index is 1090. The molecule has 1 aromatic heterocycles. The molecule has 2 rings (SSSR count). The van der Waals surface area contributed by atoms with Crippen LogP contribution in [0.4, 0.5) is 5.82 Å². The quantitative estimate of drug-likeness (QED) is 0.146. The molecule has 0 spiro atoms. The Morgan fingerprint density at radius 2 is 1.76 bits per heavy atom. The van der Waals surface area contributed by atoms with Crippen molar-refractivity contribution in [2.75, 3.05) is 18.9 Å². The van der Waals surface area contributed by atoms with Crippen LogP contribution < -0.4 is 17.2 Å². The zero-order chi connectivity index (χ0) is 25.2. The van der Waals surface area contributed by atoms with Crippen LogP contribution in [0.3, 0.4) is 0 Å². The van der Waals surface area contributed by atoms with E-state index < -0.39 is 60.3 Å². The molecule has 1 aliphatic heterocycles. The van der Waals surface area contributed by atoms with Gasteiger partial charge in [-0.25, -0.2) is 18.5 Å². The summed E-state index contributed by atoms with van der Waals surface area (Å²) in [6, 6.07) is 0. The summed E-state index contributed by atoms with van der Waals surface area (Å²) >= 11 is 0. The molecule has 1 aromatic rings. The SMILES string of the molecule is NCC=Cc1cn([C@@H]2O[C@H](COP(=O)(O)OP(=O)(O)OP(=O)(O)O)[C@H](O)C2O)c(=O)nc1N. The van der Waals surface area contributed by atoms with Crippen LogP contribution in [0.2, 0.25) is 0 Å². The molecule has 2 heterocycles. The second-order valence-electron chi connectivity index (χ2n) is 6.34. The fraction of sp³-hybridized carbons (Fsp3) is 0.500. The lowest BCUT2D eigenvalue weighted by molar-refractivity contribution is -0.0541. The molecular weight excluding hydrogens is 517 g/mol. The third-order valence-corrected chi connectivity index (χ3v) is 7.68. The van der Waals surface area contributed by atoms with Crippen molar-refractivity contribution in [3.05, 3.63) is 28.3 Å². The first-order valence-corrected chi connectivity index (χ1v) is 13.1. The molecule has 33 heavy (non-hydrogen) atoms. The molecule has 1 saturated heterocycles. The van der Waals surface area contributed by atoms with E-state index in [4.69, 9.17) is 30.9 Å². The Morgan fingerprint density at radius 1 is 1.12 bits per heavy atom. The summed E-state index contributed by atoms with van der Waals surface area (Å²) in [5, 5.41) is 20.4. The standard InChI is InChI=1S/C12H21N4O14P3/c13-3-1-2-6-4-16(12(19)15-10(6)14)11-9(18)8(17)7(28-11)5-27-32(23,24)30-33(25,26)29-31(20,21)22/h1-2,4,7-9,11,17-18H,3,5,13H2,(H,23,24)(H,25,26)(H2,14,15,19)(H2,20,21,22)/t7-,8+,9?,11-/m1/s1. The summed E-state index contributed by atoms with van der Waals surface area (Å²) in [5.41, 5.74) is 10.2. The Balaban J connectivity index is 2.14. The fourth-order valence-corrected chi connectivity index (χ4v) is 5.60. The molecule has 1 aliphatic rings. The van der Waals surface area contributed by atoms with Crippen molar-refractivity contribution in [3.8, 4) is 0 Å². The van der Waals surface area contributed by atoms with Crippen molar-refractivity contribution in [3.63, 3.8) is 0 Å². The van der Waals surface area contributed by atoms with Gasteiger partial charge in [0.1, 0.15) is 24.1 Å². The van der Waals surface area contributed by atoms with Crippen molar-refractivity contribution < 1.29 is 61.4 Å². The highest BCUT2D eigenvalue weighted by molar-refractivity contribution is 7.66. The molecule has 0 amide bonds.